The number of ether oxygens (including phenoxy) is 1. The van der Waals surface area contributed by atoms with Crippen molar-refractivity contribution in [3.05, 3.63) is 94.6 Å². The van der Waals surface area contributed by atoms with Gasteiger partial charge in [-0.15, -0.1) is 0 Å². The maximum absolute atomic E-state index is 13.3. The number of carbonyl (C=O) groups excluding carboxylic acids is 2. The zero-order valence-electron chi connectivity index (χ0n) is 19.3. The lowest BCUT2D eigenvalue weighted by Gasteiger charge is -2.25. The second-order valence-electron chi connectivity index (χ2n) is 8.28. The lowest BCUT2D eigenvalue weighted by Crippen LogP contribution is -2.29. The summed E-state index contributed by atoms with van der Waals surface area (Å²) in [6.07, 6.45) is 0. The number of primary sulfonamides is 1. The van der Waals surface area contributed by atoms with E-state index in [2.05, 4.69) is 0 Å². The van der Waals surface area contributed by atoms with Crippen molar-refractivity contribution in [1.29, 1.82) is 0 Å². The number of nitrogens with two attached hydrogens (primary N) is 1. The summed E-state index contributed by atoms with van der Waals surface area (Å²) in [5.74, 6) is -1.69. The summed E-state index contributed by atoms with van der Waals surface area (Å²) in [4.78, 5) is 27.7. The fourth-order valence-electron chi connectivity index (χ4n) is 4.39. The van der Waals surface area contributed by atoms with Crippen LogP contribution in [0, 0.1) is 13.8 Å². The Labute approximate surface area is 203 Å². The normalized spacial score (nSPS) is 17.6. The number of Topliss-reactive ketones (excluding diaryl/α,β-unsaturated/α-hetero) is 1. The van der Waals surface area contributed by atoms with Crippen LogP contribution >= 0.6 is 0 Å². The molecule has 1 atom stereocenters. The summed E-state index contributed by atoms with van der Waals surface area (Å²) in [6.45, 7) is 3.67. The van der Waals surface area contributed by atoms with E-state index >= 15 is 0 Å². The minimum absolute atomic E-state index is 0.0972. The number of aliphatic hydroxyl groups is 1. The predicted molar refractivity (Wildman–Crippen MR) is 132 cm³/mol. The van der Waals surface area contributed by atoms with Crippen LogP contribution in [0.4, 0.5) is 5.69 Å². The summed E-state index contributed by atoms with van der Waals surface area (Å²) >= 11 is 0. The number of benzene rings is 3. The van der Waals surface area contributed by atoms with E-state index in [1.54, 1.807) is 36.4 Å². The van der Waals surface area contributed by atoms with Crippen molar-refractivity contribution < 1.29 is 27.9 Å². The molecule has 0 radical (unpaired) electrons. The van der Waals surface area contributed by atoms with Gasteiger partial charge in [-0.05, 0) is 60.9 Å². The van der Waals surface area contributed by atoms with Gasteiger partial charge in [-0.25, -0.2) is 13.6 Å². The molecule has 9 heteroatoms. The third-order valence-corrected chi connectivity index (χ3v) is 6.81. The van der Waals surface area contributed by atoms with Crippen molar-refractivity contribution in [3.8, 4) is 5.75 Å². The number of ketones is 1. The topological polar surface area (TPSA) is 127 Å². The Morgan fingerprint density at radius 2 is 1.63 bits per heavy atom. The second kappa shape index (κ2) is 9.01. The fourth-order valence-corrected chi connectivity index (χ4v) is 4.91. The quantitative estimate of drug-likeness (QED) is 0.318. The fraction of sp³-hybridized carbons (Fsp3) is 0.154. The van der Waals surface area contributed by atoms with Crippen molar-refractivity contribution >= 4 is 33.2 Å². The van der Waals surface area contributed by atoms with E-state index in [9.17, 15) is 23.1 Å². The molecule has 0 aromatic heterocycles. The Balaban J connectivity index is 1.97. The number of carbonyl (C=O) groups is 2. The molecule has 1 unspecified atom stereocenters. The standard InChI is InChI=1S/C26H24N2O6S/c1-15-13-16(2)25(34-3)20(14-15)23(29)21-22(17-7-5-4-6-8-17)28(26(31)24(21)30)18-9-11-19(12-10-18)35(27,32)33/h4-14,22,29H,1-3H3,(H2,27,32,33)/b23-21+. The average molecular weight is 493 g/mol. The Hall–Kier alpha value is -3.95. The second-order valence-corrected chi connectivity index (χ2v) is 9.84. The molecule has 4 rings (SSSR count). The van der Waals surface area contributed by atoms with Crippen LogP contribution in [0.2, 0.25) is 0 Å². The molecule has 0 saturated carbocycles. The zero-order valence-corrected chi connectivity index (χ0v) is 20.2. The first-order valence-corrected chi connectivity index (χ1v) is 12.2. The van der Waals surface area contributed by atoms with Crippen LogP contribution in [0.15, 0.2) is 77.2 Å². The van der Waals surface area contributed by atoms with E-state index in [1.165, 1.54) is 36.3 Å². The number of amides is 1. The van der Waals surface area contributed by atoms with Gasteiger partial charge in [-0.2, -0.15) is 0 Å². The van der Waals surface area contributed by atoms with E-state index in [0.29, 0.717) is 16.9 Å². The Bertz CT molecular complexity index is 1460. The first-order valence-electron chi connectivity index (χ1n) is 10.7. The maximum atomic E-state index is 13.3. The zero-order chi connectivity index (χ0) is 25.5. The van der Waals surface area contributed by atoms with Gasteiger partial charge in [0, 0.05) is 5.69 Å². The lowest BCUT2D eigenvalue weighted by atomic mass is 9.93. The van der Waals surface area contributed by atoms with E-state index in [4.69, 9.17) is 9.88 Å². The molecule has 3 N–H and O–H groups in total. The minimum atomic E-state index is -3.94. The number of nitrogens with zero attached hydrogens (tertiary/aromatic N) is 1. The van der Waals surface area contributed by atoms with Crippen molar-refractivity contribution in [3.63, 3.8) is 0 Å². The van der Waals surface area contributed by atoms with Gasteiger partial charge in [-0.3, -0.25) is 14.5 Å². The number of sulfonamides is 1. The van der Waals surface area contributed by atoms with E-state index < -0.39 is 27.8 Å². The van der Waals surface area contributed by atoms with Gasteiger partial charge in [0.05, 0.1) is 29.2 Å². The molecule has 1 aliphatic rings. The van der Waals surface area contributed by atoms with Gasteiger partial charge >= 0.3 is 0 Å². The van der Waals surface area contributed by atoms with Gasteiger partial charge in [0.15, 0.2) is 0 Å². The highest BCUT2D eigenvalue weighted by molar-refractivity contribution is 7.89. The van der Waals surface area contributed by atoms with Crippen LogP contribution in [0.25, 0.3) is 5.76 Å². The summed E-state index contributed by atoms with van der Waals surface area (Å²) in [6, 6.07) is 16.8. The third-order valence-electron chi connectivity index (χ3n) is 5.88. The maximum Gasteiger partial charge on any atom is 0.300 e. The Morgan fingerprint density at radius 1 is 1.00 bits per heavy atom. The SMILES string of the molecule is COc1c(C)cc(C)cc1/C(O)=C1\C(=O)C(=O)N(c2ccc(S(N)(=O)=O)cc2)C1c1ccccc1. The molecule has 35 heavy (non-hydrogen) atoms. The van der Waals surface area contributed by atoms with Crippen LogP contribution in [0.5, 0.6) is 5.75 Å². The summed E-state index contributed by atoms with van der Waals surface area (Å²) in [5.41, 5.74) is 2.67. The van der Waals surface area contributed by atoms with Gasteiger partial charge in [0.25, 0.3) is 11.7 Å². The van der Waals surface area contributed by atoms with E-state index in [1.807, 2.05) is 19.9 Å². The highest BCUT2D eigenvalue weighted by Gasteiger charge is 2.47. The first-order chi connectivity index (χ1) is 16.5. The van der Waals surface area contributed by atoms with Crippen molar-refractivity contribution in [1.82, 2.24) is 0 Å². The largest absolute Gasteiger partial charge is 0.507 e. The molecule has 8 nitrogen and oxygen atoms in total. The number of rotatable bonds is 5. The number of aryl methyl sites for hydroxylation is 2. The van der Waals surface area contributed by atoms with E-state index in [-0.39, 0.29) is 21.9 Å². The Kier molecular flexibility index (Phi) is 6.23. The van der Waals surface area contributed by atoms with Crippen LogP contribution in [0.1, 0.15) is 28.3 Å². The van der Waals surface area contributed by atoms with E-state index in [0.717, 1.165) is 11.1 Å². The van der Waals surface area contributed by atoms with Gasteiger partial charge in [0.2, 0.25) is 10.0 Å². The molecule has 3 aromatic rings. The molecule has 3 aromatic carbocycles. The lowest BCUT2D eigenvalue weighted by molar-refractivity contribution is -0.132. The number of aliphatic hydroxyl groups excluding tert-OH is 1. The molecule has 1 fully saturated rings. The Morgan fingerprint density at radius 3 is 2.20 bits per heavy atom. The van der Waals surface area contributed by atoms with Gasteiger partial charge in [0.1, 0.15) is 11.5 Å². The molecule has 0 bridgehead atoms. The van der Waals surface area contributed by atoms with Crippen LogP contribution in [0.3, 0.4) is 0 Å². The monoisotopic (exact) mass is 492 g/mol. The van der Waals surface area contributed by atoms with Crippen LogP contribution in [-0.2, 0) is 19.6 Å². The minimum Gasteiger partial charge on any atom is -0.507 e. The highest BCUT2D eigenvalue weighted by atomic mass is 32.2. The molecule has 1 heterocycles. The van der Waals surface area contributed by atoms with Crippen molar-refractivity contribution in [2.75, 3.05) is 12.0 Å². The number of anilines is 1. The van der Waals surface area contributed by atoms with Crippen LogP contribution < -0.4 is 14.8 Å². The summed E-state index contributed by atoms with van der Waals surface area (Å²) in [7, 11) is -2.48. The molecule has 1 amide bonds. The number of methoxy groups -OCH3 is 1. The van der Waals surface area contributed by atoms with Crippen molar-refractivity contribution in [2.45, 2.75) is 24.8 Å². The number of hydrogen-bond donors (Lipinski definition) is 2. The summed E-state index contributed by atoms with van der Waals surface area (Å²) < 4.78 is 28.8. The van der Waals surface area contributed by atoms with Crippen molar-refractivity contribution in [2.24, 2.45) is 5.14 Å². The average Bonchev–Trinajstić information content (AvgIpc) is 3.08. The molecular weight excluding hydrogens is 468 g/mol. The third kappa shape index (κ3) is 4.31. The van der Waals surface area contributed by atoms with Crippen LogP contribution in [-0.4, -0.2) is 32.3 Å². The summed E-state index contributed by atoms with van der Waals surface area (Å²) in [5, 5.41) is 16.6. The molecule has 1 aliphatic heterocycles. The molecule has 0 aliphatic carbocycles. The molecule has 180 valence electrons. The highest BCUT2D eigenvalue weighted by Crippen LogP contribution is 2.43. The van der Waals surface area contributed by atoms with Gasteiger partial charge in [-0.1, -0.05) is 36.4 Å². The molecule has 1 saturated heterocycles. The first kappa shape index (κ1) is 24.2. The predicted octanol–water partition coefficient (Wildman–Crippen LogP) is 3.59. The molecule has 0 spiro atoms. The smallest absolute Gasteiger partial charge is 0.300 e. The molecular formula is C26H24N2O6S. The van der Waals surface area contributed by atoms with Gasteiger partial charge < -0.3 is 9.84 Å². The number of hydrogen-bond acceptors (Lipinski definition) is 6.